The van der Waals surface area contributed by atoms with Gasteiger partial charge in [0.15, 0.2) is 0 Å². The molecule has 28 heavy (non-hydrogen) atoms. The fourth-order valence-electron chi connectivity index (χ4n) is 3.76. The van der Waals surface area contributed by atoms with Gasteiger partial charge in [0.25, 0.3) is 5.91 Å². The van der Waals surface area contributed by atoms with Crippen LogP contribution in [0.5, 0.6) is 0 Å². The lowest BCUT2D eigenvalue weighted by atomic mass is 10.2. The summed E-state index contributed by atoms with van der Waals surface area (Å²) in [5.41, 5.74) is 3.68. The molecule has 0 unspecified atom stereocenters. The van der Waals surface area contributed by atoms with Gasteiger partial charge in [-0.25, -0.2) is 4.98 Å². The van der Waals surface area contributed by atoms with Crippen molar-refractivity contribution in [1.82, 2.24) is 14.9 Å². The fraction of sp³-hybridized carbons (Fsp3) is 0.364. The van der Waals surface area contributed by atoms with Gasteiger partial charge in [-0.3, -0.25) is 4.79 Å². The smallest absolute Gasteiger partial charge is 0.253 e. The van der Waals surface area contributed by atoms with E-state index < -0.39 is 0 Å². The van der Waals surface area contributed by atoms with Crippen molar-refractivity contribution in [2.45, 2.75) is 39.8 Å². The highest BCUT2D eigenvalue weighted by atomic mass is 16.3. The minimum absolute atomic E-state index is 0.0672. The first kappa shape index (κ1) is 18.3. The quantitative estimate of drug-likeness (QED) is 0.711. The summed E-state index contributed by atoms with van der Waals surface area (Å²) >= 11 is 0. The summed E-state index contributed by atoms with van der Waals surface area (Å²) in [6, 6.07) is 9.84. The van der Waals surface area contributed by atoms with Crippen molar-refractivity contribution in [3.05, 3.63) is 71.1 Å². The first-order chi connectivity index (χ1) is 13.6. The summed E-state index contributed by atoms with van der Waals surface area (Å²) in [4.78, 5) is 19.6. The van der Waals surface area contributed by atoms with Crippen molar-refractivity contribution in [2.24, 2.45) is 0 Å². The van der Waals surface area contributed by atoms with E-state index in [2.05, 4.69) is 19.8 Å². The predicted molar refractivity (Wildman–Crippen MR) is 109 cm³/mol. The molecule has 1 N–H and O–H groups in total. The number of carbonyl (C=O) groups is 1. The molecule has 146 valence electrons. The molecule has 1 amide bonds. The largest absolute Gasteiger partial charge is 0.467 e. The number of aryl methyl sites for hydroxylation is 1. The Balaban J connectivity index is 1.39. The Morgan fingerprint density at radius 3 is 2.71 bits per heavy atom. The lowest BCUT2D eigenvalue weighted by Gasteiger charge is -2.16. The van der Waals surface area contributed by atoms with Crippen LogP contribution in [0.3, 0.4) is 0 Å². The normalized spacial score (nSPS) is 13.9. The number of hydrogen-bond acceptors (Lipinski definition) is 4. The molecule has 1 saturated heterocycles. The van der Waals surface area contributed by atoms with E-state index in [4.69, 9.17) is 4.42 Å². The van der Waals surface area contributed by atoms with Crippen LogP contribution in [0.1, 0.15) is 45.9 Å². The summed E-state index contributed by atoms with van der Waals surface area (Å²) in [5, 5.41) is 3.02. The molecule has 1 fully saturated rings. The first-order valence-corrected chi connectivity index (χ1v) is 9.79. The van der Waals surface area contributed by atoms with E-state index in [-0.39, 0.29) is 5.91 Å². The molecule has 6 nitrogen and oxygen atoms in total. The predicted octanol–water partition coefficient (Wildman–Crippen LogP) is 3.67. The third kappa shape index (κ3) is 3.81. The van der Waals surface area contributed by atoms with Gasteiger partial charge in [0.1, 0.15) is 11.6 Å². The standard InChI is InChI=1S/C22H26N4O2/c1-16-12-20(17(2)26(16)15-19-6-5-11-28-19)22(27)24-14-18-7-8-21(23-13-18)25-9-3-4-10-25/h5-8,11-13H,3-4,9-10,14-15H2,1-2H3,(H,24,27). The topological polar surface area (TPSA) is 63.3 Å². The van der Waals surface area contributed by atoms with Crippen molar-refractivity contribution >= 4 is 11.7 Å². The third-order valence-corrected chi connectivity index (χ3v) is 5.40. The van der Waals surface area contributed by atoms with Gasteiger partial charge in [-0.05, 0) is 56.5 Å². The fourth-order valence-corrected chi connectivity index (χ4v) is 3.76. The van der Waals surface area contributed by atoms with Crippen LogP contribution in [0, 0.1) is 13.8 Å². The van der Waals surface area contributed by atoms with Crippen LogP contribution in [0.2, 0.25) is 0 Å². The van der Waals surface area contributed by atoms with E-state index in [9.17, 15) is 4.79 Å². The lowest BCUT2D eigenvalue weighted by Crippen LogP contribution is -2.24. The van der Waals surface area contributed by atoms with Gasteiger partial charge in [-0.15, -0.1) is 0 Å². The third-order valence-electron chi connectivity index (χ3n) is 5.40. The molecule has 1 aliphatic heterocycles. The van der Waals surface area contributed by atoms with Crippen LogP contribution >= 0.6 is 0 Å². The van der Waals surface area contributed by atoms with Crippen LogP contribution in [-0.4, -0.2) is 28.5 Å². The monoisotopic (exact) mass is 378 g/mol. The highest BCUT2D eigenvalue weighted by molar-refractivity contribution is 5.95. The molecule has 1 aliphatic rings. The second-order valence-electron chi connectivity index (χ2n) is 7.35. The van der Waals surface area contributed by atoms with E-state index in [1.165, 1.54) is 12.8 Å². The zero-order valence-corrected chi connectivity index (χ0v) is 16.4. The number of carbonyl (C=O) groups excluding carboxylic acids is 1. The van der Waals surface area contributed by atoms with Gasteiger partial charge in [0.2, 0.25) is 0 Å². The number of pyridine rings is 1. The van der Waals surface area contributed by atoms with Gasteiger partial charge in [-0.1, -0.05) is 6.07 Å². The Hall–Kier alpha value is -3.02. The molecule has 0 atom stereocenters. The molecule has 0 bridgehead atoms. The molecular formula is C22H26N4O2. The molecule has 3 aromatic heterocycles. The van der Waals surface area contributed by atoms with Crippen LogP contribution in [-0.2, 0) is 13.1 Å². The maximum absolute atomic E-state index is 12.7. The summed E-state index contributed by atoms with van der Waals surface area (Å²) in [5.74, 6) is 1.83. The van der Waals surface area contributed by atoms with E-state index in [1.54, 1.807) is 6.26 Å². The van der Waals surface area contributed by atoms with E-state index in [1.807, 2.05) is 50.4 Å². The molecule has 0 saturated carbocycles. The summed E-state index contributed by atoms with van der Waals surface area (Å²) in [7, 11) is 0. The van der Waals surface area contributed by atoms with Crippen LogP contribution in [0.4, 0.5) is 5.82 Å². The van der Waals surface area contributed by atoms with Gasteiger partial charge in [0.05, 0.1) is 18.4 Å². The minimum atomic E-state index is -0.0672. The molecule has 3 aromatic rings. The maximum atomic E-state index is 12.7. The first-order valence-electron chi connectivity index (χ1n) is 9.79. The van der Waals surface area contributed by atoms with Crippen molar-refractivity contribution < 1.29 is 9.21 Å². The Labute approximate surface area is 165 Å². The Kier molecular flexibility index (Phi) is 5.19. The zero-order chi connectivity index (χ0) is 19.5. The average Bonchev–Trinajstić information content (AvgIpc) is 3.46. The maximum Gasteiger partial charge on any atom is 0.253 e. The van der Waals surface area contributed by atoms with E-state index in [0.29, 0.717) is 18.7 Å². The Bertz CT molecular complexity index is 936. The molecular weight excluding hydrogens is 352 g/mol. The van der Waals surface area contributed by atoms with Crippen molar-refractivity contribution in [1.29, 1.82) is 0 Å². The summed E-state index contributed by atoms with van der Waals surface area (Å²) in [6.07, 6.45) is 5.99. The number of nitrogens with one attached hydrogen (secondary N) is 1. The van der Waals surface area contributed by atoms with Gasteiger partial charge in [-0.2, -0.15) is 0 Å². The van der Waals surface area contributed by atoms with Gasteiger partial charge < -0.3 is 19.2 Å². The molecule has 4 heterocycles. The number of hydrogen-bond donors (Lipinski definition) is 1. The van der Waals surface area contributed by atoms with Crippen molar-refractivity contribution in [2.75, 3.05) is 18.0 Å². The number of nitrogens with zero attached hydrogens (tertiary/aromatic N) is 3. The second kappa shape index (κ2) is 7.92. The molecule has 6 heteroatoms. The molecule has 0 aliphatic carbocycles. The van der Waals surface area contributed by atoms with E-state index >= 15 is 0 Å². The van der Waals surface area contributed by atoms with Crippen molar-refractivity contribution in [3.63, 3.8) is 0 Å². The minimum Gasteiger partial charge on any atom is -0.467 e. The highest BCUT2D eigenvalue weighted by Gasteiger charge is 2.17. The van der Waals surface area contributed by atoms with Crippen LogP contribution < -0.4 is 10.2 Å². The Morgan fingerprint density at radius 2 is 2.04 bits per heavy atom. The lowest BCUT2D eigenvalue weighted by molar-refractivity contribution is 0.0950. The molecule has 0 radical (unpaired) electrons. The summed E-state index contributed by atoms with van der Waals surface area (Å²) in [6.45, 7) is 7.23. The summed E-state index contributed by atoms with van der Waals surface area (Å²) < 4.78 is 7.53. The number of furan rings is 1. The van der Waals surface area contributed by atoms with Crippen LogP contribution in [0.15, 0.2) is 47.2 Å². The van der Waals surface area contributed by atoms with Gasteiger partial charge >= 0.3 is 0 Å². The number of aromatic nitrogens is 2. The van der Waals surface area contributed by atoms with Crippen molar-refractivity contribution in [3.8, 4) is 0 Å². The average molecular weight is 378 g/mol. The number of rotatable bonds is 6. The number of anilines is 1. The highest BCUT2D eigenvalue weighted by Crippen LogP contribution is 2.19. The zero-order valence-electron chi connectivity index (χ0n) is 16.4. The Morgan fingerprint density at radius 1 is 1.21 bits per heavy atom. The number of amides is 1. The van der Waals surface area contributed by atoms with Gasteiger partial charge in [0, 0.05) is 37.2 Å². The second-order valence-corrected chi connectivity index (χ2v) is 7.35. The van der Waals surface area contributed by atoms with E-state index in [0.717, 1.165) is 41.6 Å². The molecule has 4 rings (SSSR count). The molecule has 0 spiro atoms. The molecule has 0 aromatic carbocycles. The SMILES string of the molecule is Cc1cc(C(=O)NCc2ccc(N3CCCC3)nc2)c(C)n1Cc1ccco1. The van der Waals surface area contributed by atoms with Crippen LogP contribution in [0.25, 0.3) is 0 Å².